The number of thiocarbonyl (C=S) groups is 1. The third-order valence-electron chi connectivity index (χ3n) is 3.95. The first-order chi connectivity index (χ1) is 12.9. The minimum absolute atomic E-state index is 0.164. The molecule has 0 aliphatic rings. The third kappa shape index (κ3) is 4.48. The Morgan fingerprint density at radius 3 is 2.67 bits per heavy atom. The molecule has 1 amide bonds. The van der Waals surface area contributed by atoms with Crippen LogP contribution in [0.5, 0.6) is 0 Å². The second-order valence-electron chi connectivity index (χ2n) is 6.06. The lowest BCUT2D eigenvalue weighted by Gasteiger charge is -2.14. The number of para-hydroxylation sites is 1. The Labute approximate surface area is 161 Å². The summed E-state index contributed by atoms with van der Waals surface area (Å²) in [6.07, 6.45) is 0. The molecule has 0 spiro atoms. The highest BCUT2D eigenvalue weighted by molar-refractivity contribution is 7.80. The molecule has 1 aromatic heterocycles. The van der Waals surface area contributed by atoms with Crippen LogP contribution in [-0.4, -0.2) is 20.6 Å². The van der Waals surface area contributed by atoms with Gasteiger partial charge in [-0.05, 0) is 55.9 Å². The average Bonchev–Trinajstić information content (AvgIpc) is 2.63. The van der Waals surface area contributed by atoms with Gasteiger partial charge in [-0.25, -0.2) is 4.98 Å². The molecule has 0 unspecified atom stereocenters. The van der Waals surface area contributed by atoms with E-state index in [4.69, 9.17) is 12.2 Å². The Kier molecular flexibility index (Phi) is 5.46. The van der Waals surface area contributed by atoms with Crippen molar-refractivity contribution in [3.8, 4) is 0 Å². The maximum absolute atomic E-state index is 12.6. The summed E-state index contributed by atoms with van der Waals surface area (Å²) in [5.41, 5.74) is 7.37. The number of nitrogens with one attached hydrogen (secondary N) is 3. The van der Waals surface area contributed by atoms with Gasteiger partial charge in [0, 0.05) is 5.69 Å². The van der Waals surface area contributed by atoms with Crippen molar-refractivity contribution in [2.24, 2.45) is 0 Å². The monoisotopic (exact) mass is 381 g/mol. The van der Waals surface area contributed by atoms with Crippen molar-refractivity contribution >= 4 is 39.8 Å². The SMILES string of the molecule is Cc1cccc(NC(=S)NNC(=O)Cn2c(C)nc3ccccc3c2=O)c1. The fourth-order valence-electron chi connectivity index (χ4n) is 2.66. The molecule has 0 atom stereocenters. The van der Waals surface area contributed by atoms with Gasteiger partial charge in [-0.2, -0.15) is 0 Å². The molecule has 0 bridgehead atoms. The van der Waals surface area contributed by atoms with Crippen molar-refractivity contribution in [3.63, 3.8) is 0 Å². The van der Waals surface area contributed by atoms with E-state index < -0.39 is 5.91 Å². The molecule has 1 heterocycles. The van der Waals surface area contributed by atoms with Gasteiger partial charge in [0.1, 0.15) is 12.4 Å². The zero-order valence-electron chi connectivity index (χ0n) is 14.9. The number of hydrogen-bond acceptors (Lipinski definition) is 4. The summed E-state index contributed by atoms with van der Waals surface area (Å²) in [6, 6.07) is 14.7. The van der Waals surface area contributed by atoms with Gasteiger partial charge >= 0.3 is 0 Å². The second-order valence-corrected chi connectivity index (χ2v) is 6.47. The number of aryl methyl sites for hydroxylation is 2. The molecule has 0 saturated heterocycles. The van der Waals surface area contributed by atoms with Crippen LogP contribution in [-0.2, 0) is 11.3 Å². The topological polar surface area (TPSA) is 88.0 Å². The van der Waals surface area contributed by atoms with Crippen molar-refractivity contribution in [2.75, 3.05) is 5.32 Å². The smallest absolute Gasteiger partial charge is 0.261 e. The van der Waals surface area contributed by atoms with Crippen LogP contribution in [0.3, 0.4) is 0 Å². The number of carbonyl (C=O) groups excluding carboxylic acids is 1. The summed E-state index contributed by atoms with van der Waals surface area (Å²) >= 11 is 5.16. The first kappa shape index (κ1) is 18.5. The number of nitrogens with zero attached hydrogens (tertiary/aromatic N) is 2. The van der Waals surface area contributed by atoms with E-state index in [1.165, 1.54) is 4.57 Å². The highest BCUT2D eigenvalue weighted by Gasteiger charge is 2.11. The minimum Gasteiger partial charge on any atom is -0.331 e. The Balaban J connectivity index is 1.63. The number of hydrazine groups is 1. The molecule has 3 rings (SSSR count). The number of benzene rings is 2. The van der Waals surface area contributed by atoms with E-state index in [0.717, 1.165) is 11.3 Å². The van der Waals surface area contributed by atoms with E-state index in [-0.39, 0.29) is 17.2 Å². The minimum atomic E-state index is -0.411. The molecular formula is C19H19N5O2S. The normalized spacial score (nSPS) is 10.4. The molecule has 0 aliphatic carbocycles. The maximum atomic E-state index is 12.6. The standard InChI is InChI=1S/C19H19N5O2S/c1-12-6-5-7-14(10-12)21-19(27)23-22-17(25)11-24-13(2)20-16-9-4-3-8-15(16)18(24)26/h3-10H,11H2,1-2H3,(H,22,25)(H2,21,23,27). The number of aromatic nitrogens is 2. The van der Waals surface area contributed by atoms with Gasteiger partial charge in [0.15, 0.2) is 5.11 Å². The van der Waals surface area contributed by atoms with E-state index in [1.807, 2.05) is 37.3 Å². The fourth-order valence-corrected chi connectivity index (χ4v) is 2.83. The number of amides is 1. The Bertz CT molecular complexity index is 1080. The Hall–Kier alpha value is -3.26. The Morgan fingerprint density at radius 2 is 1.89 bits per heavy atom. The molecular weight excluding hydrogens is 362 g/mol. The Morgan fingerprint density at radius 1 is 1.11 bits per heavy atom. The highest BCUT2D eigenvalue weighted by Crippen LogP contribution is 2.09. The summed E-state index contributed by atoms with van der Waals surface area (Å²) in [5.74, 6) is 0.0555. The van der Waals surface area contributed by atoms with Gasteiger partial charge in [-0.3, -0.25) is 25.0 Å². The van der Waals surface area contributed by atoms with Crippen LogP contribution in [0.1, 0.15) is 11.4 Å². The predicted octanol–water partition coefficient (Wildman–Crippen LogP) is 2.03. The van der Waals surface area contributed by atoms with Crippen LogP contribution in [0, 0.1) is 13.8 Å². The fraction of sp³-hybridized carbons (Fsp3) is 0.158. The summed E-state index contributed by atoms with van der Waals surface area (Å²) in [6.45, 7) is 3.50. The van der Waals surface area contributed by atoms with Gasteiger partial charge in [0.05, 0.1) is 10.9 Å². The van der Waals surface area contributed by atoms with E-state index in [1.54, 1.807) is 25.1 Å². The van der Waals surface area contributed by atoms with E-state index in [2.05, 4.69) is 21.2 Å². The van der Waals surface area contributed by atoms with Gasteiger partial charge in [-0.15, -0.1) is 0 Å². The lowest BCUT2D eigenvalue weighted by Crippen LogP contribution is -2.46. The zero-order chi connectivity index (χ0) is 19.4. The summed E-state index contributed by atoms with van der Waals surface area (Å²) < 4.78 is 1.33. The van der Waals surface area contributed by atoms with E-state index in [9.17, 15) is 9.59 Å². The lowest BCUT2D eigenvalue weighted by atomic mass is 10.2. The van der Waals surface area contributed by atoms with Gasteiger partial charge in [-0.1, -0.05) is 24.3 Å². The molecule has 3 aromatic rings. The van der Waals surface area contributed by atoms with E-state index in [0.29, 0.717) is 16.7 Å². The van der Waals surface area contributed by atoms with E-state index >= 15 is 0 Å². The second kappa shape index (κ2) is 7.96. The van der Waals surface area contributed by atoms with Crippen LogP contribution in [0.25, 0.3) is 10.9 Å². The molecule has 27 heavy (non-hydrogen) atoms. The number of carbonyl (C=O) groups is 1. The van der Waals surface area contributed by atoms with Gasteiger partial charge in [0.2, 0.25) is 0 Å². The van der Waals surface area contributed by atoms with Gasteiger partial charge in [0.25, 0.3) is 11.5 Å². The number of anilines is 1. The van der Waals surface area contributed by atoms with Crippen LogP contribution >= 0.6 is 12.2 Å². The summed E-state index contributed by atoms with van der Waals surface area (Å²) in [7, 11) is 0. The van der Waals surface area contributed by atoms with Crippen molar-refractivity contribution in [1.82, 2.24) is 20.4 Å². The van der Waals surface area contributed by atoms with Crippen LogP contribution in [0.15, 0.2) is 53.3 Å². The molecule has 0 saturated carbocycles. The van der Waals surface area contributed by atoms with Crippen molar-refractivity contribution < 1.29 is 4.79 Å². The van der Waals surface area contributed by atoms with Crippen LogP contribution in [0.4, 0.5) is 5.69 Å². The average molecular weight is 381 g/mol. The number of fused-ring (bicyclic) bond motifs is 1. The van der Waals surface area contributed by atoms with Crippen LogP contribution in [0.2, 0.25) is 0 Å². The summed E-state index contributed by atoms with van der Waals surface area (Å²) in [5, 5.41) is 3.69. The largest absolute Gasteiger partial charge is 0.331 e. The quantitative estimate of drug-likeness (QED) is 0.475. The number of rotatable bonds is 3. The number of hydrogen-bond donors (Lipinski definition) is 3. The van der Waals surface area contributed by atoms with Gasteiger partial charge < -0.3 is 5.32 Å². The lowest BCUT2D eigenvalue weighted by molar-refractivity contribution is -0.122. The summed E-state index contributed by atoms with van der Waals surface area (Å²) in [4.78, 5) is 29.2. The van der Waals surface area contributed by atoms with Crippen molar-refractivity contribution in [2.45, 2.75) is 20.4 Å². The molecule has 2 aromatic carbocycles. The first-order valence-electron chi connectivity index (χ1n) is 8.33. The molecule has 0 aliphatic heterocycles. The maximum Gasteiger partial charge on any atom is 0.261 e. The van der Waals surface area contributed by atoms with Crippen molar-refractivity contribution in [3.05, 3.63) is 70.3 Å². The zero-order valence-corrected chi connectivity index (χ0v) is 15.8. The third-order valence-corrected chi connectivity index (χ3v) is 4.15. The first-order valence-corrected chi connectivity index (χ1v) is 8.73. The molecule has 138 valence electrons. The molecule has 0 radical (unpaired) electrons. The molecule has 0 fully saturated rings. The molecule has 7 nitrogen and oxygen atoms in total. The van der Waals surface area contributed by atoms with Crippen molar-refractivity contribution in [1.29, 1.82) is 0 Å². The van der Waals surface area contributed by atoms with Crippen LogP contribution < -0.4 is 21.7 Å². The molecule has 8 heteroatoms. The molecule has 3 N–H and O–H groups in total. The highest BCUT2D eigenvalue weighted by atomic mass is 32.1. The predicted molar refractivity (Wildman–Crippen MR) is 109 cm³/mol.